The van der Waals surface area contributed by atoms with Gasteiger partial charge in [-0.1, -0.05) is 18.2 Å². The fraction of sp³-hybridized carbons (Fsp3) is 0.316. The lowest BCUT2D eigenvalue weighted by molar-refractivity contribution is 0.247. The van der Waals surface area contributed by atoms with E-state index >= 15 is 0 Å². The SMILES string of the molecule is COc1ccc(CN2CCCC2c2nc3ccccc3s2)cc1F. The number of rotatable bonds is 4. The molecule has 3 aromatic rings. The van der Waals surface area contributed by atoms with Crippen molar-refractivity contribution in [2.45, 2.75) is 25.4 Å². The van der Waals surface area contributed by atoms with Gasteiger partial charge < -0.3 is 4.74 Å². The summed E-state index contributed by atoms with van der Waals surface area (Å²) < 4.78 is 20.2. The fourth-order valence-electron chi connectivity index (χ4n) is 3.37. The molecule has 0 spiro atoms. The Morgan fingerprint density at radius 2 is 2.17 bits per heavy atom. The van der Waals surface area contributed by atoms with Crippen LogP contribution in [0.4, 0.5) is 4.39 Å². The van der Waals surface area contributed by atoms with Crippen LogP contribution >= 0.6 is 11.3 Å². The molecule has 1 aliphatic heterocycles. The Bertz CT molecular complexity index is 830. The van der Waals surface area contributed by atoms with Crippen LogP contribution in [0.2, 0.25) is 0 Å². The summed E-state index contributed by atoms with van der Waals surface area (Å²) in [7, 11) is 1.49. The van der Waals surface area contributed by atoms with Crippen molar-refractivity contribution in [3.63, 3.8) is 0 Å². The normalized spacial score (nSPS) is 18.3. The molecule has 1 aliphatic rings. The third-order valence-corrected chi connectivity index (χ3v) is 5.70. The first-order chi connectivity index (χ1) is 11.7. The number of halogens is 1. The molecule has 24 heavy (non-hydrogen) atoms. The van der Waals surface area contributed by atoms with Crippen molar-refractivity contribution >= 4 is 21.6 Å². The second-order valence-electron chi connectivity index (χ2n) is 6.12. The number of hydrogen-bond donors (Lipinski definition) is 0. The molecule has 0 amide bonds. The highest BCUT2D eigenvalue weighted by Gasteiger charge is 2.28. The number of thiazole rings is 1. The lowest BCUT2D eigenvalue weighted by Gasteiger charge is -2.23. The van der Waals surface area contributed by atoms with E-state index in [0.717, 1.165) is 37.0 Å². The monoisotopic (exact) mass is 342 g/mol. The average Bonchev–Trinajstić information content (AvgIpc) is 3.21. The van der Waals surface area contributed by atoms with Crippen molar-refractivity contribution in [2.75, 3.05) is 13.7 Å². The van der Waals surface area contributed by atoms with Gasteiger partial charge in [0, 0.05) is 6.54 Å². The van der Waals surface area contributed by atoms with Crippen molar-refractivity contribution in [1.82, 2.24) is 9.88 Å². The molecule has 0 saturated carbocycles. The fourth-order valence-corrected chi connectivity index (χ4v) is 4.51. The molecule has 1 aromatic heterocycles. The summed E-state index contributed by atoms with van der Waals surface area (Å²) in [5.74, 6) is -0.00590. The average molecular weight is 342 g/mol. The molecule has 2 heterocycles. The van der Waals surface area contributed by atoms with Crippen molar-refractivity contribution in [1.29, 1.82) is 0 Å². The van der Waals surface area contributed by atoms with Gasteiger partial charge >= 0.3 is 0 Å². The van der Waals surface area contributed by atoms with Crippen LogP contribution in [0.1, 0.15) is 29.5 Å². The zero-order valence-electron chi connectivity index (χ0n) is 13.5. The Morgan fingerprint density at radius 3 is 2.96 bits per heavy atom. The van der Waals surface area contributed by atoms with Gasteiger partial charge in [-0.05, 0) is 49.2 Å². The first-order valence-electron chi connectivity index (χ1n) is 8.16. The van der Waals surface area contributed by atoms with Crippen LogP contribution in [0.3, 0.4) is 0 Å². The number of benzene rings is 2. The van der Waals surface area contributed by atoms with Crippen LogP contribution in [-0.4, -0.2) is 23.5 Å². The number of nitrogens with zero attached hydrogens (tertiary/aromatic N) is 2. The zero-order valence-corrected chi connectivity index (χ0v) is 14.4. The number of para-hydroxylation sites is 1. The maximum atomic E-state index is 13.9. The van der Waals surface area contributed by atoms with Gasteiger partial charge in [0.15, 0.2) is 11.6 Å². The van der Waals surface area contributed by atoms with Crippen molar-refractivity contribution in [3.8, 4) is 5.75 Å². The van der Waals surface area contributed by atoms with Crippen LogP contribution in [-0.2, 0) is 6.54 Å². The van der Waals surface area contributed by atoms with Gasteiger partial charge in [-0.15, -0.1) is 11.3 Å². The van der Waals surface area contributed by atoms with E-state index in [4.69, 9.17) is 9.72 Å². The van der Waals surface area contributed by atoms with E-state index in [1.807, 2.05) is 12.1 Å². The Labute approximate surface area is 144 Å². The van der Waals surface area contributed by atoms with Crippen LogP contribution < -0.4 is 4.74 Å². The predicted molar refractivity (Wildman–Crippen MR) is 95.0 cm³/mol. The van der Waals surface area contributed by atoms with E-state index in [9.17, 15) is 4.39 Å². The molecule has 0 aliphatic carbocycles. The highest BCUT2D eigenvalue weighted by molar-refractivity contribution is 7.18. The molecule has 2 aromatic carbocycles. The lowest BCUT2D eigenvalue weighted by Crippen LogP contribution is -2.22. The van der Waals surface area contributed by atoms with E-state index in [2.05, 4.69) is 23.1 Å². The van der Waals surface area contributed by atoms with Gasteiger partial charge in [-0.2, -0.15) is 0 Å². The van der Waals surface area contributed by atoms with E-state index in [0.29, 0.717) is 11.8 Å². The molecule has 0 bridgehead atoms. The molecule has 1 unspecified atom stereocenters. The van der Waals surface area contributed by atoms with E-state index in [-0.39, 0.29) is 5.82 Å². The van der Waals surface area contributed by atoms with E-state index in [1.165, 1.54) is 16.8 Å². The molecular weight excluding hydrogens is 323 g/mol. The Hall–Kier alpha value is -1.98. The minimum atomic E-state index is -0.300. The van der Waals surface area contributed by atoms with Crippen LogP contribution in [0.15, 0.2) is 42.5 Å². The van der Waals surface area contributed by atoms with Gasteiger partial charge in [0.1, 0.15) is 5.01 Å². The molecule has 0 radical (unpaired) electrons. The van der Waals surface area contributed by atoms with Gasteiger partial charge in [0.25, 0.3) is 0 Å². The minimum absolute atomic E-state index is 0.294. The maximum absolute atomic E-state index is 13.9. The summed E-state index contributed by atoms with van der Waals surface area (Å²) in [6.45, 7) is 1.76. The second-order valence-corrected chi connectivity index (χ2v) is 7.18. The Balaban J connectivity index is 1.57. The summed E-state index contributed by atoms with van der Waals surface area (Å²) in [6, 6.07) is 13.8. The summed E-state index contributed by atoms with van der Waals surface area (Å²) in [6.07, 6.45) is 2.26. The van der Waals surface area contributed by atoms with Gasteiger partial charge in [0.05, 0.1) is 23.4 Å². The van der Waals surface area contributed by atoms with Crippen molar-refractivity contribution in [3.05, 3.63) is 58.9 Å². The van der Waals surface area contributed by atoms with Gasteiger partial charge in [-0.25, -0.2) is 9.37 Å². The summed E-state index contributed by atoms with van der Waals surface area (Å²) in [4.78, 5) is 7.22. The van der Waals surface area contributed by atoms with Crippen LogP contribution in [0, 0.1) is 5.82 Å². The van der Waals surface area contributed by atoms with Crippen LogP contribution in [0.5, 0.6) is 5.75 Å². The molecule has 124 valence electrons. The number of ether oxygens (including phenoxy) is 1. The molecule has 1 fully saturated rings. The first-order valence-corrected chi connectivity index (χ1v) is 8.98. The molecular formula is C19H19FN2OS. The molecule has 4 rings (SSSR count). The molecule has 1 saturated heterocycles. The zero-order chi connectivity index (χ0) is 16.5. The lowest BCUT2D eigenvalue weighted by atomic mass is 10.1. The number of hydrogen-bond acceptors (Lipinski definition) is 4. The molecule has 0 N–H and O–H groups in total. The molecule has 5 heteroatoms. The highest BCUT2D eigenvalue weighted by Crippen LogP contribution is 2.37. The van der Waals surface area contributed by atoms with Crippen molar-refractivity contribution in [2.24, 2.45) is 0 Å². The summed E-state index contributed by atoms with van der Waals surface area (Å²) in [5, 5.41) is 1.17. The maximum Gasteiger partial charge on any atom is 0.165 e. The number of methoxy groups -OCH3 is 1. The first kappa shape index (κ1) is 15.5. The van der Waals surface area contributed by atoms with E-state index < -0.39 is 0 Å². The van der Waals surface area contributed by atoms with E-state index in [1.54, 1.807) is 23.5 Å². The minimum Gasteiger partial charge on any atom is -0.494 e. The molecule has 1 atom stereocenters. The third-order valence-electron chi connectivity index (χ3n) is 4.56. The van der Waals surface area contributed by atoms with Gasteiger partial charge in [-0.3, -0.25) is 4.90 Å². The summed E-state index contributed by atoms with van der Waals surface area (Å²) >= 11 is 1.77. The highest BCUT2D eigenvalue weighted by atomic mass is 32.1. The summed E-state index contributed by atoms with van der Waals surface area (Å²) in [5.41, 5.74) is 2.04. The second kappa shape index (κ2) is 6.49. The van der Waals surface area contributed by atoms with Crippen molar-refractivity contribution < 1.29 is 9.13 Å². The molecule has 3 nitrogen and oxygen atoms in total. The largest absolute Gasteiger partial charge is 0.494 e. The van der Waals surface area contributed by atoms with Gasteiger partial charge in [0.2, 0.25) is 0 Å². The number of aromatic nitrogens is 1. The standard InChI is InChI=1S/C19H19FN2OS/c1-23-17-9-8-13(11-14(17)20)12-22-10-4-6-16(22)19-21-15-5-2-3-7-18(15)24-19/h2-3,5,7-9,11,16H,4,6,10,12H2,1H3. The number of likely N-dealkylation sites (tertiary alicyclic amines) is 1. The Morgan fingerprint density at radius 1 is 1.29 bits per heavy atom. The third kappa shape index (κ3) is 2.89. The number of fused-ring (bicyclic) bond motifs is 1. The quantitative estimate of drug-likeness (QED) is 0.682. The smallest absolute Gasteiger partial charge is 0.165 e. The predicted octanol–water partition coefficient (Wildman–Crippen LogP) is 4.78. The topological polar surface area (TPSA) is 25.4 Å². The van der Waals surface area contributed by atoms with Crippen LogP contribution in [0.25, 0.3) is 10.2 Å². The Kier molecular flexibility index (Phi) is 4.21.